The van der Waals surface area contributed by atoms with Crippen LogP contribution in [-0.4, -0.2) is 28.3 Å². The lowest BCUT2D eigenvalue weighted by atomic mass is 10.5. The van der Waals surface area contributed by atoms with Crippen LogP contribution >= 0.6 is 27.9 Å². The van der Waals surface area contributed by atoms with Gasteiger partial charge in [-0.25, -0.2) is 0 Å². The van der Waals surface area contributed by atoms with Crippen molar-refractivity contribution in [3.8, 4) is 0 Å². The van der Waals surface area contributed by atoms with E-state index in [9.17, 15) is 13.2 Å². The highest BCUT2D eigenvalue weighted by molar-refractivity contribution is 9.10. The molecule has 2 unspecified atom stereocenters. The lowest BCUT2D eigenvalue weighted by Gasteiger charge is -2.03. The molecule has 1 rings (SSSR count). The second-order valence-corrected chi connectivity index (χ2v) is 5.64. The average molecular weight is 262 g/mol. The first-order valence-electron chi connectivity index (χ1n) is 2.49. The highest BCUT2D eigenvalue weighted by atomic mass is 79.9. The van der Waals surface area contributed by atoms with Gasteiger partial charge in [-0.1, -0.05) is 15.9 Å². The normalized spacial score (nSPS) is 32.0. The molecule has 0 bridgehead atoms. The van der Waals surface area contributed by atoms with Crippen LogP contribution in [0.1, 0.15) is 0 Å². The van der Waals surface area contributed by atoms with Crippen LogP contribution in [0.5, 0.6) is 0 Å². The molecule has 1 saturated heterocycles. The van der Waals surface area contributed by atoms with Gasteiger partial charge >= 0.3 is 0 Å². The minimum absolute atomic E-state index is 0.447. The molecule has 1 fully saturated rings. The zero-order valence-corrected chi connectivity index (χ0v) is 8.24. The van der Waals surface area contributed by atoms with E-state index in [1.54, 1.807) is 0 Å². The number of hydrogen-bond acceptors (Lipinski definition) is 4. The van der Waals surface area contributed by atoms with E-state index >= 15 is 0 Å². The summed E-state index contributed by atoms with van der Waals surface area (Å²) >= 11 is 3.51. The number of rotatable bonds is 1. The molecule has 0 radical (unpaired) electrons. The number of amides is 1. The number of alkyl halides is 1. The topological polar surface area (TPSA) is 83.5 Å². The van der Waals surface area contributed by atoms with Gasteiger partial charge in [0.15, 0.2) is 4.58 Å². The standard InChI is InChI=1S/C3H4BrNO4S2/c4-1-2(6)5-10-3(1)11(7,8)9/h1,3H,(H,5,6)(H,7,8,9). The van der Waals surface area contributed by atoms with Gasteiger partial charge in [0.1, 0.15) is 4.83 Å². The summed E-state index contributed by atoms with van der Waals surface area (Å²) in [5.41, 5.74) is 0. The fourth-order valence-electron chi connectivity index (χ4n) is 0.568. The first-order valence-corrected chi connectivity index (χ1v) is 5.78. The first-order chi connectivity index (χ1) is 4.93. The molecule has 1 aliphatic heterocycles. The van der Waals surface area contributed by atoms with Crippen molar-refractivity contribution in [2.75, 3.05) is 0 Å². The molecule has 1 heterocycles. The van der Waals surface area contributed by atoms with Crippen LogP contribution in [0, 0.1) is 0 Å². The maximum absolute atomic E-state index is 10.7. The quantitative estimate of drug-likeness (QED) is 0.386. The van der Waals surface area contributed by atoms with Crippen LogP contribution in [-0.2, 0) is 14.9 Å². The molecule has 0 aromatic heterocycles. The number of carbonyl (C=O) groups is 1. The van der Waals surface area contributed by atoms with E-state index in [0.717, 1.165) is 0 Å². The fraction of sp³-hybridized carbons (Fsp3) is 0.667. The predicted octanol–water partition coefficient (Wildman–Crippen LogP) is -0.258. The first kappa shape index (κ1) is 9.30. The summed E-state index contributed by atoms with van der Waals surface area (Å²) in [6, 6.07) is 0. The lowest BCUT2D eigenvalue weighted by molar-refractivity contribution is -0.117. The molecule has 1 aliphatic rings. The van der Waals surface area contributed by atoms with Gasteiger partial charge in [0.25, 0.3) is 10.1 Å². The molecular formula is C3H4BrNO4S2. The number of nitrogens with one attached hydrogen (secondary N) is 1. The zero-order chi connectivity index (χ0) is 8.65. The summed E-state index contributed by atoms with van der Waals surface area (Å²) in [5, 5.41) is 0. The Hall–Kier alpha value is 0.210. The fourth-order valence-corrected chi connectivity index (χ4v) is 3.63. The summed E-state index contributed by atoms with van der Waals surface area (Å²) in [7, 11) is -4.15. The Morgan fingerprint density at radius 3 is 2.36 bits per heavy atom. The Kier molecular flexibility index (Phi) is 2.47. The zero-order valence-electron chi connectivity index (χ0n) is 5.02. The van der Waals surface area contributed by atoms with Crippen molar-refractivity contribution in [2.24, 2.45) is 0 Å². The van der Waals surface area contributed by atoms with Crippen molar-refractivity contribution in [1.82, 2.24) is 4.72 Å². The third-order valence-electron chi connectivity index (χ3n) is 1.06. The van der Waals surface area contributed by atoms with E-state index in [0.29, 0.717) is 11.9 Å². The maximum atomic E-state index is 10.7. The molecular weight excluding hydrogens is 258 g/mol. The van der Waals surface area contributed by atoms with Crippen molar-refractivity contribution in [3.05, 3.63) is 0 Å². The molecule has 1 amide bonds. The van der Waals surface area contributed by atoms with Crippen LogP contribution < -0.4 is 4.72 Å². The Bertz CT molecular complexity index is 275. The summed E-state index contributed by atoms with van der Waals surface area (Å²) in [6.45, 7) is 0. The van der Waals surface area contributed by atoms with Gasteiger partial charge in [0.05, 0.1) is 0 Å². The largest absolute Gasteiger partial charge is 0.298 e. The molecule has 5 nitrogen and oxygen atoms in total. The van der Waals surface area contributed by atoms with Gasteiger partial charge in [-0.3, -0.25) is 14.1 Å². The van der Waals surface area contributed by atoms with Gasteiger partial charge < -0.3 is 0 Å². The highest BCUT2D eigenvalue weighted by Crippen LogP contribution is 2.28. The molecule has 0 spiro atoms. The SMILES string of the molecule is O=C1NSC(S(=O)(=O)O)C1Br. The van der Waals surface area contributed by atoms with Gasteiger partial charge in [-0.15, -0.1) is 0 Å². The maximum Gasteiger partial charge on any atom is 0.280 e. The smallest absolute Gasteiger partial charge is 0.280 e. The van der Waals surface area contributed by atoms with Crippen LogP contribution in [0.3, 0.4) is 0 Å². The van der Waals surface area contributed by atoms with Crippen molar-refractivity contribution in [2.45, 2.75) is 9.41 Å². The summed E-state index contributed by atoms with van der Waals surface area (Å²) < 4.78 is 30.6. The third kappa shape index (κ3) is 1.86. The van der Waals surface area contributed by atoms with E-state index in [1.165, 1.54) is 0 Å². The molecule has 11 heavy (non-hydrogen) atoms. The second kappa shape index (κ2) is 2.92. The van der Waals surface area contributed by atoms with Crippen LogP contribution in [0.2, 0.25) is 0 Å². The molecule has 2 N–H and O–H groups in total. The molecule has 64 valence electrons. The van der Waals surface area contributed by atoms with Gasteiger partial charge in [0, 0.05) is 0 Å². The van der Waals surface area contributed by atoms with Crippen LogP contribution in [0.4, 0.5) is 0 Å². The van der Waals surface area contributed by atoms with E-state index < -0.39 is 25.4 Å². The number of halogens is 1. The van der Waals surface area contributed by atoms with Gasteiger partial charge in [-0.2, -0.15) is 8.42 Å². The molecule has 0 aliphatic carbocycles. The monoisotopic (exact) mass is 261 g/mol. The van der Waals surface area contributed by atoms with Gasteiger partial charge in [-0.05, 0) is 11.9 Å². The van der Waals surface area contributed by atoms with Crippen molar-refractivity contribution in [3.63, 3.8) is 0 Å². The van der Waals surface area contributed by atoms with E-state index in [4.69, 9.17) is 4.55 Å². The van der Waals surface area contributed by atoms with Crippen molar-refractivity contribution >= 4 is 43.9 Å². The van der Waals surface area contributed by atoms with E-state index in [2.05, 4.69) is 20.7 Å². The molecule has 8 heteroatoms. The molecule has 0 aromatic rings. The number of hydrogen-bond donors (Lipinski definition) is 2. The Morgan fingerprint density at radius 2 is 2.18 bits per heavy atom. The average Bonchev–Trinajstić information content (AvgIpc) is 2.11. The molecule has 0 saturated carbocycles. The lowest BCUT2D eigenvalue weighted by Crippen LogP contribution is -2.27. The summed E-state index contributed by atoms with van der Waals surface area (Å²) in [5.74, 6) is -0.447. The Balaban J connectivity index is 2.87. The van der Waals surface area contributed by atoms with Gasteiger partial charge in [0.2, 0.25) is 5.91 Å². The Labute approximate surface area is 75.9 Å². The van der Waals surface area contributed by atoms with Crippen LogP contribution in [0.25, 0.3) is 0 Å². The number of carbonyl (C=O) groups excluding carboxylic acids is 1. The minimum Gasteiger partial charge on any atom is -0.298 e. The predicted molar refractivity (Wildman–Crippen MR) is 43.8 cm³/mol. The second-order valence-electron chi connectivity index (χ2n) is 1.87. The summed E-state index contributed by atoms with van der Waals surface area (Å²) in [6.07, 6.45) is 0. The van der Waals surface area contributed by atoms with E-state index in [1.807, 2.05) is 0 Å². The van der Waals surface area contributed by atoms with E-state index in [-0.39, 0.29) is 0 Å². The highest BCUT2D eigenvalue weighted by Gasteiger charge is 2.42. The molecule has 0 aromatic carbocycles. The minimum atomic E-state index is -4.15. The Morgan fingerprint density at radius 1 is 1.64 bits per heavy atom. The third-order valence-corrected chi connectivity index (χ3v) is 5.40. The summed E-state index contributed by atoms with van der Waals surface area (Å²) in [4.78, 5) is 9.80. The molecule has 2 atom stereocenters. The van der Waals surface area contributed by atoms with Crippen molar-refractivity contribution in [1.29, 1.82) is 0 Å². The van der Waals surface area contributed by atoms with Crippen molar-refractivity contribution < 1.29 is 17.8 Å². The van der Waals surface area contributed by atoms with Crippen LogP contribution in [0.15, 0.2) is 0 Å².